The summed E-state index contributed by atoms with van der Waals surface area (Å²) in [6.45, 7) is 27.3. The van der Waals surface area contributed by atoms with Crippen LogP contribution in [0.2, 0.25) is 0 Å². The highest BCUT2D eigenvalue weighted by molar-refractivity contribution is 5.51. The molecule has 8 nitrogen and oxygen atoms in total. The minimum absolute atomic E-state index is 0.173. The summed E-state index contributed by atoms with van der Waals surface area (Å²) in [6.07, 6.45) is 2.02. The molecule has 6 aromatic rings. The second kappa shape index (κ2) is 27.2. The third kappa shape index (κ3) is 15.3. The van der Waals surface area contributed by atoms with Gasteiger partial charge in [0.2, 0.25) is 0 Å². The molecule has 6 rings (SSSR count). The molecule has 0 bridgehead atoms. The molecule has 0 saturated heterocycles. The van der Waals surface area contributed by atoms with Crippen molar-refractivity contribution in [2.45, 2.75) is 119 Å². The summed E-state index contributed by atoms with van der Waals surface area (Å²) in [5.41, 5.74) is 5.80. The van der Waals surface area contributed by atoms with Gasteiger partial charge in [-0.3, -0.25) is 0 Å². The van der Waals surface area contributed by atoms with Crippen LogP contribution in [0.15, 0.2) is 133 Å². The van der Waals surface area contributed by atoms with E-state index in [4.69, 9.17) is 24.7 Å². The SMILES string of the molecule is CC.CC.CC(C)(c1ccc(O)cc1)c1ccc(Oc2ccc(C#N)c(C#N)c2)cc1.CCC(C)(Oc1ccc(C(C)(C)c2ccc(OC)cc2)cc1)c1ccc(C#N)c(C#N)c1.CCC(C)C. The van der Waals surface area contributed by atoms with Gasteiger partial charge in [-0.2, -0.15) is 21.0 Å². The van der Waals surface area contributed by atoms with Crippen molar-refractivity contribution in [3.63, 3.8) is 0 Å². The topological polar surface area (TPSA) is 143 Å². The zero-order valence-electron chi connectivity index (χ0n) is 42.7. The van der Waals surface area contributed by atoms with E-state index in [1.807, 2.05) is 120 Å². The minimum Gasteiger partial charge on any atom is -0.508 e. The first-order chi connectivity index (χ1) is 32.5. The van der Waals surface area contributed by atoms with Crippen molar-refractivity contribution in [3.8, 4) is 53.0 Å². The van der Waals surface area contributed by atoms with Crippen LogP contribution in [0.25, 0.3) is 0 Å². The number of phenolic OH excluding ortho intramolecular Hbond substituents is 1. The first kappa shape index (κ1) is 56.6. The number of methoxy groups -OCH3 is 1. The maximum Gasteiger partial charge on any atom is 0.131 e. The van der Waals surface area contributed by atoms with Gasteiger partial charge in [-0.25, -0.2) is 0 Å². The van der Waals surface area contributed by atoms with E-state index < -0.39 is 5.60 Å². The average molecular weight is 911 g/mol. The van der Waals surface area contributed by atoms with Crippen LogP contribution in [-0.4, -0.2) is 12.2 Å². The summed E-state index contributed by atoms with van der Waals surface area (Å²) in [7, 11) is 1.67. The summed E-state index contributed by atoms with van der Waals surface area (Å²) in [5.74, 6) is 3.89. The molecule has 0 amide bonds. The predicted molar refractivity (Wildman–Crippen MR) is 276 cm³/mol. The first-order valence-corrected chi connectivity index (χ1v) is 23.4. The number of nitrogens with zero attached hydrogens (tertiary/aromatic N) is 4. The molecule has 0 spiro atoms. The highest BCUT2D eigenvalue weighted by Gasteiger charge is 2.29. The molecule has 1 atom stereocenters. The van der Waals surface area contributed by atoms with Crippen molar-refractivity contribution in [2.75, 3.05) is 7.11 Å². The Kier molecular flexibility index (Phi) is 22.6. The Labute approximate surface area is 407 Å². The normalized spacial score (nSPS) is 11.2. The molecule has 0 aliphatic carbocycles. The summed E-state index contributed by atoms with van der Waals surface area (Å²) in [4.78, 5) is 0. The minimum atomic E-state index is -0.618. The van der Waals surface area contributed by atoms with Gasteiger partial charge in [-0.15, -0.1) is 0 Å². The fraction of sp³-hybridized carbons (Fsp3) is 0.333. The molecule has 0 saturated carbocycles. The molecule has 1 unspecified atom stereocenters. The zero-order chi connectivity index (χ0) is 51.1. The van der Waals surface area contributed by atoms with E-state index in [-0.39, 0.29) is 16.6 Å². The van der Waals surface area contributed by atoms with E-state index in [2.05, 4.69) is 84.9 Å². The molecule has 0 aromatic heterocycles. The van der Waals surface area contributed by atoms with E-state index in [1.165, 1.54) is 17.5 Å². The molecule has 0 heterocycles. The van der Waals surface area contributed by atoms with Crippen LogP contribution >= 0.6 is 0 Å². The van der Waals surface area contributed by atoms with Gasteiger partial charge in [0.05, 0.1) is 29.4 Å². The molecule has 0 fully saturated rings. The average Bonchev–Trinajstić information content (AvgIpc) is 3.38. The lowest BCUT2D eigenvalue weighted by Crippen LogP contribution is -2.29. The lowest BCUT2D eigenvalue weighted by Gasteiger charge is -2.31. The molecule has 68 heavy (non-hydrogen) atoms. The summed E-state index contributed by atoms with van der Waals surface area (Å²) in [5, 5.41) is 46.2. The molecule has 0 aliphatic rings. The van der Waals surface area contributed by atoms with Crippen molar-refractivity contribution in [3.05, 3.63) is 184 Å². The van der Waals surface area contributed by atoms with Crippen molar-refractivity contribution < 1.29 is 19.3 Å². The number of aromatic hydroxyl groups is 1. The van der Waals surface area contributed by atoms with E-state index in [1.54, 1.807) is 49.6 Å². The monoisotopic (exact) mass is 911 g/mol. The van der Waals surface area contributed by atoms with Gasteiger partial charge >= 0.3 is 0 Å². The molecule has 1 N–H and O–H groups in total. The number of rotatable bonds is 12. The molecule has 354 valence electrons. The Bertz CT molecular complexity index is 2640. The van der Waals surface area contributed by atoms with Crippen LogP contribution in [0, 0.1) is 51.2 Å². The van der Waals surface area contributed by atoms with Gasteiger partial charge in [0.15, 0.2) is 0 Å². The largest absolute Gasteiger partial charge is 0.508 e. The molecular formula is C60H70N4O4. The Balaban J connectivity index is 0.000000401. The number of hydrogen-bond acceptors (Lipinski definition) is 8. The van der Waals surface area contributed by atoms with Crippen LogP contribution in [0.1, 0.15) is 153 Å². The van der Waals surface area contributed by atoms with Crippen molar-refractivity contribution in [2.24, 2.45) is 5.92 Å². The van der Waals surface area contributed by atoms with E-state index in [9.17, 15) is 15.6 Å². The lowest BCUT2D eigenvalue weighted by molar-refractivity contribution is 0.0825. The van der Waals surface area contributed by atoms with Crippen molar-refractivity contribution in [1.82, 2.24) is 0 Å². The van der Waals surface area contributed by atoms with Crippen molar-refractivity contribution in [1.29, 1.82) is 21.0 Å². The van der Waals surface area contributed by atoms with Crippen LogP contribution in [0.4, 0.5) is 0 Å². The predicted octanol–water partition coefficient (Wildman–Crippen LogP) is 15.8. The Morgan fingerprint density at radius 3 is 1.19 bits per heavy atom. The zero-order valence-corrected chi connectivity index (χ0v) is 42.7. The summed E-state index contributed by atoms with van der Waals surface area (Å²) in [6, 6.07) is 49.5. The number of phenols is 1. The third-order valence-corrected chi connectivity index (χ3v) is 11.7. The number of benzene rings is 6. The molecule has 6 aromatic carbocycles. The van der Waals surface area contributed by atoms with Crippen LogP contribution < -0.4 is 14.2 Å². The molecular weight excluding hydrogens is 841 g/mol. The Morgan fingerprint density at radius 2 is 0.809 bits per heavy atom. The van der Waals surface area contributed by atoms with Gasteiger partial charge < -0.3 is 19.3 Å². The van der Waals surface area contributed by atoms with Crippen LogP contribution in [0.5, 0.6) is 28.7 Å². The maximum absolute atomic E-state index is 9.49. The van der Waals surface area contributed by atoms with Gasteiger partial charge in [-0.1, -0.05) is 144 Å². The van der Waals surface area contributed by atoms with Gasteiger partial charge in [0.25, 0.3) is 0 Å². The second-order valence-electron chi connectivity index (χ2n) is 17.1. The molecule has 0 aliphatic heterocycles. The van der Waals surface area contributed by atoms with Crippen LogP contribution in [-0.2, 0) is 16.4 Å². The second-order valence-corrected chi connectivity index (χ2v) is 17.1. The van der Waals surface area contributed by atoms with Gasteiger partial charge in [0.1, 0.15) is 58.6 Å². The maximum atomic E-state index is 9.49. The Hall–Kier alpha value is -7.52. The smallest absolute Gasteiger partial charge is 0.131 e. The fourth-order valence-electron chi connectivity index (χ4n) is 6.67. The Morgan fingerprint density at radius 1 is 0.471 bits per heavy atom. The number of ether oxygens (including phenoxy) is 3. The third-order valence-electron chi connectivity index (χ3n) is 11.7. The summed E-state index contributed by atoms with van der Waals surface area (Å²) < 4.78 is 17.5. The lowest BCUT2D eigenvalue weighted by atomic mass is 9.78. The molecule has 8 heteroatoms. The quantitative estimate of drug-likeness (QED) is 0.128. The van der Waals surface area contributed by atoms with Gasteiger partial charge in [-0.05, 0) is 126 Å². The first-order valence-electron chi connectivity index (χ1n) is 23.4. The number of hydrogen-bond donors (Lipinski definition) is 1. The highest BCUT2D eigenvalue weighted by Crippen LogP contribution is 2.37. The van der Waals surface area contributed by atoms with Gasteiger partial charge in [0, 0.05) is 10.8 Å². The highest BCUT2D eigenvalue weighted by atomic mass is 16.5. The number of nitriles is 4. The summed E-state index contributed by atoms with van der Waals surface area (Å²) >= 11 is 0. The standard InChI is InChI=1S/C28H28N2O2.C23H18N2O2.C5H12.2C2H6/c1-6-28(4,24-8-7-20(18-29)21(17-24)19-30)32-26-15-11-23(12-16-26)27(2,3)22-9-13-25(31-5)14-10-22;1-23(2,18-4-8-20(26)9-5-18)19-6-11-21(12-7-19)27-22-10-3-16(14-24)17(13-22)15-25;1-4-5(2)3;2*1-2/h7-17H,6H2,1-5H3;3-13,26H,1-2H3;5H,4H2,1-3H3;2*1-2H3. The van der Waals surface area contributed by atoms with E-state index >= 15 is 0 Å². The van der Waals surface area contributed by atoms with Crippen molar-refractivity contribution >= 4 is 0 Å². The van der Waals surface area contributed by atoms with Crippen LogP contribution in [0.3, 0.4) is 0 Å². The van der Waals surface area contributed by atoms with E-state index in [0.29, 0.717) is 40.2 Å². The van der Waals surface area contributed by atoms with E-state index in [0.717, 1.165) is 34.1 Å². The fourth-order valence-corrected chi connectivity index (χ4v) is 6.67. The molecule has 0 radical (unpaired) electrons.